The summed E-state index contributed by atoms with van der Waals surface area (Å²) in [6.07, 6.45) is 2.50. The van der Waals surface area contributed by atoms with Gasteiger partial charge in [-0.15, -0.1) is 0 Å². The Balaban J connectivity index is 2.04. The van der Waals surface area contributed by atoms with Crippen LogP contribution in [0.3, 0.4) is 0 Å². The molecule has 0 bridgehead atoms. The van der Waals surface area contributed by atoms with Crippen LogP contribution in [0.5, 0.6) is 11.5 Å². The molecule has 6 heteroatoms. The molecule has 2 rings (SSSR count). The van der Waals surface area contributed by atoms with E-state index in [1.54, 1.807) is 0 Å². The van der Waals surface area contributed by atoms with Crippen molar-refractivity contribution in [3.05, 3.63) is 22.2 Å². The molecule has 20 heavy (non-hydrogen) atoms. The van der Waals surface area contributed by atoms with Gasteiger partial charge in [0.05, 0.1) is 17.1 Å². The number of methoxy groups -OCH3 is 1. The van der Waals surface area contributed by atoms with Crippen molar-refractivity contribution in [2.45, 2.75) is 12.8 Å². The first-order valence-corrected chi connectivity index (χ1v) is 7.37. The van der Waals surface area contributed by atoms with Crippen molar-refractivity contribution < 1.29 is 19.4 Å². The van der Waals surface area contributed by atoms with E-state index in [2.05, 4.69) is 20.8 Å². The van der Waals surface area contributed by atoms with Gasteiger partial charge in [0.25, 0.3) is 0 Å². The molecule has 110 valence electrons. The number of nitrogens with zero attached hydrogens (tertiary/aromatic N) is 1. The highest BCUT2D eigenvalue weighted by Crippen LogP contribution is 2.36. The number of hydrogen-bond donors (Lipinski definition) is 1. The SMILES string of the molecule is COc1cc(C(=O)O)cc(Br)c1OCCN1CCCC1. The first-order chi connectivity index (χ1) is 9.61. The maximum absolute atomic E-state index is 11.0. The number of aromatic carboxylic acids is 1. The molecule has 1 fully saturated rings. The second-order valence-electron chi connectivity index (χ2n) is 4.69. The maximum Gasteiger partial charge on any atom is 0.335 e. The maximum atomic E-state index is 11.0. The molecule has 0 spiro atoms. The van der Waals surface area contributed by atoms with E-state index in [0.29, 0.717) is 22.6 Å². The van der Waals surface area contributed by atoms with Gasteiger partial charge in [-0.1, -0.05) is 0 Å². The molecule has 1 heterocycles. The van der Waals surface area contributed by atoms with Crippen molar-refractivity contribution in [2.24, 2.45) is 0 Å². The summed E-state index contributed by atoms with van der Waals surface area (Å²) >= 11 is 3.34. The summed E-state index contributed by atoms with van der Waals surface area (Å²) < 4.78 is 11.5. The number of carboxylic acid groups (broad SMARTS) is 1. The van der Waals surface area contributed by atoms with E-state index in [9.17, 15) is 4.79 Å². The number of rotatable bonds is 6. The first kappa shape index (κ1) is 15.1. The second kappa shape index (κ2) is 6.95. The van der Waals surface area contributed by atoms with Crippen LogP contribution in [0.2, 0.25) is 0 Å². The molecule has 1 aromatic carbocycles. The van der Waals surface area contributed by atoms with Crippen molar-refractivity contribution in [2.75, 3.05) is 33.4 Å². The Morgan fingerprint density at radius 1 is 1.40 bits per heavy atom. The van der Waals surface area contributed by atoms with Crippen LogP contribution in [-0.2, 0) is 0 Å². The summed E-state index contributed by atoms with van der Waals surface area (Å²) in [7, 11) is 1.50. The van der Waals surface area contributed by atoms with Gasteiger partial charge in [0.2, 0.25) is 0 Å². The van der Waals surface area contributed by atoms with Crippen molar-refractivity contribution in [1.29, 1.82) is 0 Å². The Hall–Kier alpha value is -1.27. The number of carbonyl (C=O) groups is 1. The predicted molar refractivity (Wildman–Crippen MR) is 78.8 cm³/mol. The molecule has 0 atom stereocenters. The normalized spacial score (nSPS) is 15.3. The molecule has 0 aliphatic carbocycles. The van der Waals surface area contributed by atoms with Gasteiger partial charge in [0, 0.05) is 6.54 Å². The van der Waals surface area contributed by atoms with Gasteiger partial charge in [-0.05, 0) is 54.0 Å². The number of halogens is 1. The third-order valence-corrected chi connectivity index (χ3v) is 3.92. The molecule has 1 aromatic rings. The van der Waals surface area contributed by atoms with Crippen LogP contribution >= 0.6 is 15.9 Å². The van der Waals surface area contributed by atoms with E-state index in [4.69, 9.17) is 14.6 Å². The standard InChI is InChI=1S/C14H18BrNO4/c1-19-12-9-10(14(17)18)8-11(15)13(12)20-7-6-16-4-2-3-5-16/h8-9H,2-7H2,1H3,(H,17,18). The minimum atomic E-state index is -0.993. The number of likely N-dealkylation sites (tertiary alicyclic amines) is 1. The lowest BCUT2D eigenvalue weighted by molar-refractivity contribution is 0.0696. The first-order valence-electron chi connectivity index (χ1n) is 6.58. The van der Waals surface area contributed by atoms with Crippen LogP contribution < -0.4 is 9.47 Å². The summed E-state index contributed by atoms with van der Waals surface area (Å²) in [6.45, 7) is 3.68. The van der Waals surface area contributed by atoms with Crippen LogP contribution in [0, 0.1) is 0 Å². The van der Waals surface area contributed by atoms with Gasteiger partial charge in [0.1, 0.15) is 6.61 Å². The third kappa shape index (κ3) is 3.64. The summed E-state index contributed by atoms with van der Waals surface area (Å²) in [6, 6.07) is 2.99. The Labute approximate surface area is 126 Å². The third-order valence-electron chi connectivity index (χ3n) is 3.33. The van der Waals surface area contributed by atoms with Crippen LogP contribution in [0.25, 0.3) is 0 Å². The number of carboxylic acids is 1. The molecule has 0 unspecified atom stereocenters. The molecule has 1 aliphatic heterocycles. The predicted octanol–water partition coefficient (Wildman–Crippen LogP) is 2.63. The van der Waals surface area contributed by atoms with E-state index < -0.39 is 5.97 Å². The molecular weight excluding hydrogens is 326 g/mol. The van der Waals surface area contributed by atoms with E-state index in [-0.39, 0.29) is 5.56 Å². The highest BCUT2D eigenvalue weighted by molar-refractivity contribution is 9.10. The van der Waals surface area contributed by atoms with Gasteiger partial charge in [-0.2, -0.15) is 0 Å². The molecule has 1 aliphatic rings. The van der Waals surface area contributed by atoms with Crippen molar-refractivity contribution in [1.82, 2.24) is 4.90 Å². The van der Waals surface area contributed by atoms with Crippen molar-refractivity contribution in [3.63, 3.8) is 0 Å². The van der Waals surface area contributed by atoms with Crippen LogP contribution in [0.15, 0.2) is 16.6 Å². The summed E-state index contributed by atoms with van der Waals surface area (Å²) in [5.41, 5.74) is 0.167. The zero-order valence-corrected chi connectivity index (χ0v) is 13.0. The van der Waals surface area contributed by atoms with Crippen molar-refractivity contribution >= 4 is 21.9 Å². The Morgan fingerprint density at radius 3 is 2.70 bits per heavy atom. The van der Waals surface area contributed by atoms with Crippen LogP contribution in [0.4, 0.5) is 0 Å². The van der Waals surface area contributed by atoms with Gasteiger partial charge in [-0.3, -0.25) is 4.90 Å². The van der Waals surface area contributed by atoms with E-state index in [1.165, 1.54) is 32.1 Å². The van der Waals surface area contributed by atoms with Gasteiger partial charge < -0.3 is 14.6 Å². The lowest BCUT2D eigenvalue weighted by Gasteiger charge is -2.17. The van der Waals surface area contributed by atoms with Crippen LogP contribution in [0.1, 0.15) is 23.2 Å². The molecule has 5 nitrogen and oxygen atoms in total. The van der Waals surface area contributed by atoms with Gasteiger partial charge >= 0.3 is 5.97 Å². The average molecular weight is 344 g/mol. The average Bonchev–Trinajstić information content (AvgIpc) is 2.93. The minimum absolute atomic E-state index is 0.167. The fraction of sp³-hybridized carbons (Fsp3) is 0.500. The molecular formula is C14H18BrNO4. The number of hydrogen-bond acceptors (Lipinski definition) is 4. The fourth-order valence-electron chi connectivity index (χ4n) is 2.27. The fourth-order valence-corrected chi connectivity index (χ4v) is 2.82. The Morgan fingerprint density at radius 2 is 2.10 bits per heavy atom. The smallest absolute Gasteiger partial charge is 0.335 e. The lowest BCUT2D eigenvalue weighted by Crippen LogP contribution is -2.25. The minimum Gasteiger partial charge on any atom is -0.493 e. The van der Waals surface area contributed by atoms with E-state index in [1.807, 2.05) is 0 Å². The summed E-state index contributed by atoms with van der Waals surface area (Å²) in [5, 5.41) is 9.02. The zero-order chi connectivity index (χ0) is 14.5. The molecule has 1 N–H and O–H groups in total. The summed E-state index contributed by atoms with van der Waals surface area (Å²) in [5.74, 6) is -0.0116. The number of benzene rings is 1. The monoisotopic (exact) mass is 343 g/mol. The molecule has 0 amide bonds. The van der Waals surface area contributed by atoms with E-state index in [0.717, 1.165) is 19.6 Å². The molecule has 0 radical (unpaired) electrons. The molecule has 0 aromatic heterocycles. The Kier molecular flexibility index (Phi) is 5.25. The van der Waals surface area contributed by atoms with Gasteiger partial charge in [-0.25, -0.2) is 4.79 Å². The Bertz CT molecular complexity index is 486. The highest BCUT2D eigenvalue weighted by Gasteiger charge is 2.16. The van der Waals surface area contributed by atoms with E-state index >= 15 is 0 Å². The van der Waals surface area contributed by atoms with Crippen LogP contribution in [-0.4, -0.2) is 49.3 Å². The quantitative estimate of drug-likeness (QED) is 0.860. The largest absolute Gasteiger partial charge is 0.493 e. The highest BCUT2D eigenvalue weighted by atomic mass is 79.9. The van der Waals surface area contributed by atoms with Crippen molar-refractivity contribution in [3.8, 4) is 11.5 Å². The molecule has 0 saturated carbocycles. The molecule has 1 saturated heterocycles. The zero-order valence-electron chi connectivity index (χ0n) is 11.4. The lowest BCUT2D eigenvalue weighted by atomic mass is 10.2. The topological polar surface area (TPSA) is 59.0 Å². The number of ether oxygens (including phenoxy) is 2. The van der Waals surface area contributed by atoms with Gasteiger partial charge in [0.15, 0.2) is 11.5 Å². The second-order valence-corrected chi connectivity index (χ2v) is 5.55. The summed E-state index contributed by atoms with van der Waals surface area (Å²) in [4.78, 5) is 13.3.